The fourth-order valence-electron chi connectivity index (χ4n) is 6.94. The molecular formula is C44H37FN2O5S. The van der Waals surface area contributed by atoms with Gasteiger partial charge in [0.25, 0.3) is 17.1 Å². The summed E-state index contributed by atoms with van der Waals surface area (Å²) in [5.41, 5.74) is 6.11. The third-order valence-corrected chi connectivity index (χ3v) is 10.5. The van der Waals surface area contributed by atoms with Crippen molar-refractivity contribution >= 4 is 40.7 Å². The highest BCUT2D eigenvalue weighted by Crippen LogP contribution is 2.31. The Morgan fingerprint density at radius 3 is 2.26 bits per heavy atom. The molecule has 5 aromatic carbocycles. The summed E-state index contributed by atoms with van der Waals surface area (Å²) in [6.45, 7) is 0.772. The summed E-state index contributed by atoms with van der Waals surface area (Å²) >= 11 is 0.892. The highest BCUT2D eigenvalue weighted by atomic mass is 32.2. The minimum absolute atomic E-state index is 0.120. The van der Waals surface area contributed by atoms with Crippen LogP contribution in [-0.4, -0.2) is 46.4 Å². The van der Waals surface area contributed by atoms with Gasteiger partial charge in [-0.1, -0.05) is 97.1 Å². The second-order valence-corrected chi connectivity index (χ2v) is 14.2. The largest absolute Gasteiger partial charge is 0.372 e. The first-order valence-electron chi connectivity index (χ1n) is 17.6. The summed E-state index contributed by atoms with van der Waals surface area (Å²) in [4.78, 5) is 53.6. The molecule has 53 heavy (non-hydrogen) atoms. The fraction of sp³-hybridized carbons (Fsp3) is 0.182. The molecule has 3 amide bonds. The van der Waals surface area contributed by atoms with E-state index in [0.717, 1.165) is 58.8 Å². The molecule has 2 heterocycles. The first-order valence-corrected chi connectivity index (χ1v) is 18.4. The molecule has 9 heteroatoms. The third-order valence-electron chi connectivity index (χ3n) is 9.64. The molecule has 7 rings (SSSR count). The number of nitrogens with one attached hydrogen (secondary N) is 1. The number of imide groups is 1. The summed E-state index contributed by atoms with van der Waals surface area (Å²) in [5.74, 6) is -1.40. The average molecular weight is 725 g/mol. The van der Waals surface area contributed by atoms with Crippen LogP contribution in [0.25, 0.3) is 17.2 Å². The maximum absolute atomic E-state index is 14.4. The smallest absolute Gasteiger partial charge is 0.290 e. The van der Waals surface area contributed by atoms with Crippen LogP contribution in [0.1, 0.15) is 62.2 Å². The molecule has 2 atom stereocenters. The lowest BCUT2D eigenvalue weighted by Crippen LogP contribution is -2.37. The number of benzene rings is 5. The lowest BCUT2D eigenvalue weighted by molar-refractivity contribution is -0.115. The maximum Gasteiger partial charge on any atom is 0.290 e. The van der Waals surface area contributed by atoms with Crippen molar-refractivity contribution in [1.82, 2.24) is 10.2 Å². The van der Waals surface area contributed by atoms with Gasteiger partial charge in [0.1, 0.15) is 5.82 Å². The lowest BCUT2D eigenvalue weighted by Gasteiger charge is -2.25. The van der Waals surface area contributed by atoms with E-state index in [4.69, 9.17) is 4.74 Å². The fourth-order valence-corrected chi connectivity index (χ4v) is 7.63. The van der Waals surface area contributed by atoms with Crippen molar-refractivity contribution < 1.29 is 28.3 Å². The lowest BCUT2D eigenvalue weighted by atomic mass is 9.97. The highest BCUT2D eigenvalue weighted by Gasteiger charge is 2.37. The molecule has 0 spiro atoms. The third kappa shape index (κ3) is 8.54. The number of hydrogen-bond acceptors (Lipinski definition) is 6. The van der Waals surface area contributed by atoms with Crippen LogP contribution in [0.15, 0.2) is 132 Å². The summed E-state index contributed by atoms with van der Waals surface area (Å²) < 4.78 is 20.2. The van der Waals surface area contributed by atoms with E-state index in [1.165, 1.54) is 24.3 Å². The minimum Gasteiger partial charge on any atom is -0.372 e. The molecule has 0 saturated carbocycles. The van der Waals surface area contributed by atoms with Gasteiger partial charge in [-0.2, -0.15) is 0 Å². The normalized spacial score (nSPS) is 17.7. The molecule has 2 aliphatic heterocycles. The van der Waals surface area contributed by atoms with Gasteiger partial charge in [-0.25, -0.2) is 4.39 Å². The van der Waals surface area contributed by atoms with E-state index in [0.29, 0.717) is 35.6 Å². The van der Waals surface area contributed by atoms with Crippen molar-refractivity contribution in [2.24, 2.45) is 0 Å². The quantitative estimate of drug-likeness (QED) is 0.102. The van der Waals surface area contributed by atoms with Crippen LogP contribution in [0.5, 0.6) is 0 Å². The van der Waals surface area contributed by atoms with E-state index < -0.39 is 5.82 Å². The first kappa shape index (κ1) is 35.7. The SMILES string of the molecule is O=C1NC(=O)/C(=C/c2ccc(CCC[C@@H]3C[C@@H](OCc4ccccc4-c4ccccc4)CN3C(=O)c3ccccc3C(=O)c3ccc(F)cc3)cc2)S1. The number of ketones is 1. The van der Waals surface area contributed by atoms with Crippen molar-refractivity contribution in [1.29, 1.82) is 0 Å². The van der Waals surface area contributed by atoms with E-state index in [-0.39, 0.29) is 40.5 Å². The van der Waals surface area contributed by atoms with E-state index in [2.05, 4.69) is 29.6 Å². The van der Waals surface area contributed by atoms with E-state index in [1.807, 2.05) is 59.5 Å². The van der Waals surface area contributed by atoms with Crippen molar-refractivity contribution in [3.8, 4) is 11.1 Å². The first-order chi connectivity index (χ1) is 25.8. The number of carbonyl (C=O) groups is 4. The van der Waals surface area contributed by atoms with Crippen LogP contribution in [0.3, 0.4) is 0 Å². The summed E-state index contributed by atoms with van der Waals surface area (Å²) in [5, 5.41) is 1.90. The number of nitrogens with zero attached hydrogens (tertiary/aromatic N) is 1. The Morgan fingerprint density at radius 1 is 0.830 bits per heavy atom. The number of halogens is 1. The van der Waals surface area contributed by atoms with Gasteiger partial charge in [0.15, 0.2) is 5.78 Å². The molecule has 1 N–H and O–H groups in total. The summed E-state index contributed by atoms with van der Waals surface area (Å²) in [6.07, 6.45) is 4.45. The number of rotatable bonds is 12. The van der Waals surface area contributed by atoms with Gasteiger partial charge < -0.3 is 9.64 Å². The standard InChI is InChI=1S/C44H37FN2O5S/c45-34-23-21-32(22-24-34)41(48)38-15-6-7-16-39(38)43(50)47-27-36(52-28-33-12-4-5-14-37(33)31-10-2-1-3-11-31)26-35(47)13-8-9-29-17-19-30(20-18-29)25-40-42(49)46-44(51)53-40/h1-7,10-12,14-25,35-36H,8-9,13,26-28H2,(H,46,49,51)/b40-25-/t35-,36-/m1/s1. The van der Waals surface area contributed by atoms with Crippen molar-refractivity contribution in [2.75, 3.05) is 6.54 Å². The van der Waals surface area contributed by atoms with Gasteiger partial charge >= 0.3 is 0 Å². The van der Waals surface area contributed by atoms with Crippen molar-refractivity contribution in [3.63, 3.8) is 0 Å². The van der Waals surface area contributed by atoms with Gasteiger partial charge in [-0.05, 0) is 102 Å². The number of thioether (sulfide) groups is 1. The molecule has 2 saturated heterocycles. The number of carbonyl (C=O) groups excluding carboxylic acids is 4. The second-order valence-electron chi connectivity index (χ2n) is 13.2. The molecule has 0 aromatic heterocycles. The Hall–Kier alpha value is -5.64. The number of likely N-dealkylation sites (tertiary alicyclic amines) is 1. The maximum atomic E-state index is 14.4. The molecule has 0 bridgehead atoms. The Morgan fingerprint density at radius 2 is 1.53 bits per heavy atom. The highest BCUT2D eigenvalue weighted by molar-refractivity contribution is 8.18. The van der Waals surface area contributed by atoms with Crippen LogP contribution >= 0.6 is 11.8 Å². The van der Waals surface area contributed by atoms with E-state index in [9.17, 15) is 23.6 Å². The summed E-state index contributed by atoms with van der Waals surface area (Å²) in [6, 6.07) is 38.3. The molecule has 7 nitrogen and oxygen atoms in total. The molecule has 5 aromatic rings. The topological polar surface area (TPSA) is 92.8 Å². The van der Waals surface area contributed by atoms with Crippen LogP contribution in [0.2, 0.25) is 0 Å². The molecule has 2 aliphatic rings. The van der Waals surface area contributed by atoms with Gasteiger partial charge in [-0.15, -0.1) is 0 Å². The Balaban J connectivity index is 1.07. The molecule has 0 radical (unpaired) electrons. The van der Waals surface area contributed by atoms with E-state index in [1.54, 1.807) is 30.3 Å². The van der Waals surface area contributed by atoms with Gasteiger partial charge in [0.05, 0.1) is 23.2 Å². The summed E-state index contributed by atoms with van der Waals surface area (Å²) in [7, 11) is 0. The predicted molar refractivity (Wildman–Crippen MR) is 205 cm³/mol. The number of amides is 3. The Labute approximate surface area is 311 Å². The number of aryl methyl sites for hydroxylation is 1. The monoisotopic (exact) mass is 724 g/mol. The minimum atomic E-state index is -0.438. The zero-order valence-corrected chi connectivity index (χ0v) is 29.7. The van der Waals surface area contributed by atoms with Gasteiger partial charge in [0, 0.05) is 23.7 Å². The van der Waals surface area contributed by atoms with Gasteiger partial charge in [0.2, 0.25) is 0 Å². The van der Waals surface area contributed by atoms with Crippen molar-refractivity contribution in [2.45, 2.75) is 44.4 Å². The molecular weight excluding hydrogens is 688 g/mol. The molecule has 0 unspecified atom stereocenters. The van der Waals surface area contributed by atoms with E-state index >= 15 is 0 Å². The van der Waals surface area contributed by atoms with Gasteiger partial charge in [-0.3, -0.25) is 24.5 Å². The zero-order valence-electron chi connectivity index (χ0n) is 28.9. The predicted octanol–water partition coefficient (Wildman–Crippen LogP) is 8.87. The number of hydrogen-bond donors (Lipinski definition) is 1. The zero-order chi connectivity index (χ0) is 36.7. The Kier molecular flexibility index (Phi) is 11.0. The average Bonchev–Trinajstić information content (AvgIpc) is 3.75. The van der Waals surface area contributed by atoms with Crippen molar-refractivity contribution in [3.05, 3.63) is 171 Å². The molecule has 0 aliphatic carbocycles. The van der Waals surface area contributed by atoms with Crippen LogP contribution in [0.4, 0.5) is 9.18 Å². The Bertz CT molecular complexity index is 2170. The van der Waals surface area contributed by atoms with Crippen LogP contribution in [-0.2, 0) is 22.6 Å². The van der Waals surface area contributed by atoms with Crippen LogP contribution in [0, 0.1) is 5.82 Å². The van der Waals surface area contributed by atoms with Crippen LogP contribution < -0.4 is 5.32 Å². The molecule has 2 fully saturated rings. The second kappa shape index (κ2) is 16.4. The number of ether oxygens (including phenoxy) is 1. The molecule has 266 valence electrons.